The minimum atomic E-state index is -0.770. The third-order valence-corrected chi connectivity index (χ3v) is 3.94. The van der Waals surface area contributed by atoms with E-state index in [-0.39, 0.29) is 6.61 Å². The van der Waals surface area contributed by atoms with Crippen molar-refractivity contribution in [3.05, 3.63) is 22.3 Å². The van der Waals surface area contributed by atoms with Gasteiger partial charge in [-0.25, -0.2) is 4.79 Å². The summed E-state index contributed by atoms with van der Waals surface area (Å²) in [6.07, 6.45) is 1.41. The molecule has 0 aliphatic carbocycles. The molecule has 1 aromatic rings. The summed E-state index contributed by atoms with van der Waals surface area (Å²) in [5.74, 6) is 2.13. The third kappa shape index (κ3) is 4.07. The Labute approximate surface area is 137 Å². The van der Waals surface area contributed by atoms with Gasteiger partial charge in [0.1, 0.15) is 11.5 Å². The largest absolute Gasteiger partial charge is 0.496 e. The number of ether oxygens (including phenoxy) is 3. The topological polar surface area (TPSA) is 44.8 Å². The van der Waals surface area contributed by atoms with Crippen LogP contribution in [0.2, 0.25) is 0 Å². The van der Waals surface area contributed by atoms with Crippen molar-refractivity contribution in [2.75, 3.05) is 20.8 Å². The first-order valence-corrected chi connectivity index (χ1v) is 7.79. The predicted molar refractivity (Wildman–Crippen MR) is 88.6 cm³/mol. The van der Waals surface area contributed by atoms with E-state index in [1.165, 1.54) is 0 Å². The Hall–Kier alpha value is -1.42. The van der Waals surface area contributed by atoms with Crippen molar-refractivity contribution >= 4 is 17.0 Å². The van der Waals surface area contributed by atoms with E-state index in [2.05, 4.69) is 20.8 Å². The molecular formula is C17H25ClO4. The molecule has 22 heavy (non-hydrogen) atoms. The van der Waals surface area contributed by atoms with Crippen LogP contribution in [0.4, 0.5) is 4.79 Å². The Morgan fingerprint density at radius 3 is 2.14 bits per heavy atom. The second kappa shape index (κ2) is 8.28. The van der Waals surface area contributed by atoms with Crippen molar-refractivity contribution in [3.8, 4) is 11.5 Å². The molecule has 0 fully saturated rings. The lowest BCUT2D eigenvalue weighted by atomic mass is 9.88. The quantitative estimate of drug-likeness (QED) is 0.535. The zero-order valence-electron chi connectivity index (χ0n) is 14.2. The summed E-state index contributed by atoms with van der Waals surface area (Å²) in [4.78, 5) is 10.6. The highest BCUT2D eigenvalue weighted by atomic mass is 35.5. The summed E-state index contributed by atoms with van der Waals surface area (Å²) in [6.45, 7) is 8.65. The Kier molecular flexibility index (Phi) is 7.01. The van der Waals surface area contributed by atoms with Gasteiger partial charge in [-0.15, -0.1) is 0 Å². The Morgan fingerprint density at radius 2 is 1.68 bits per heavy atom. The first-order valence-electron chi connectivity index (χ1n) is 7.41. The molecule has 124 valence electrons. The molecule has 0 spiro atoms. The highest BCUT2D eigenvalue weighted by molar-refractivity contribution is 6.61. The zero-order valence-corrected chi connectivity index (χ0v) is 15.0. The van der Waals surface area contributed by atoms with Crippen LogP contribution in [0.15, 0.2) is 0 Å². The van der Waals surface area contributed by atoms with E-state index in [4.69, 9.17) is 25.8 Å². The smallest absolute Gasteiger partial charge is 0.403 e. The van der Waals surface area contributed by atoms with E-state index in [0.29, 0.717) is 12.3 Å². The Morgan fingerprint density at radius 1 is 1.09 bits per heavy atom. The van der Waals surface area contributed by atoms with Gasteiger partial charge >= 0.3 is 5.43 Å². The summed E-state index contributed by atoms with van der Waals surface area (Å²) in [6, 6.07) is 0. The zero-order chi connectivity index (χ0) is 16.9. The van der Waals surface area contributed by atoms with Gasteiger partial charge < -0.3 is 14.2 Å². The first kappa shape index (κ1) is 18.6. The Bertz CT molecular complexity index is 538. The third-order valence-electron chi connectivity index (χ3n) is 3.83. The second-order valence-electron chi connectivity index (χ2n) is 5.55. The number of hydrogen-bond donors (Lipinski definition) is 0. The van der Waals surface area contributed by atoms with Crippen molar-refractivity contribution in [2.24, 2.45) is 0 Å². The molecule has 4 nitrogen and oxygen atoms in total. The maximum absolute atomic E-state index is 10.6. The van der Waals surface area contributed by atoms with Gasteiger partial charge in [-0.2, -0.15) is 0 Å². The van der Waals surface area contributed by atoms with Gasteiger partial charge in [0, 0.05) is 22.7 Å². The maximum Gasteiger partial charge on any atom is 0.403 e. The van der Waals surface area contributed by atoms with Crippen LogP contribution in [0, 0.1) is 13.8 Å². The highest BCUT2D eigenvalue weighted by Gasteiger charge is 2.22. The lowest BCUT2D eigenvalue weighted by molar-refractivity contribution is 0.172. The van der Waals surface area contributed by atoms with Crippen molar-refractivity contribution in [1.29, 1.82) is 0 Å². The van der Waals surface area contributed by atoms with E-state index in [1.54, 1.807) is 14.2 Å². The highest BCUT2D eigenvalue weighted by Crippen LogP contribution is 2.42. The van der Waals surface area contributed by atoms with Crippen LogP contribution in [0.1, 0.15) is 48.4 Å². The number of carbonyl (C=O) groups excluding carboxylic acids is 1. The summed E-state index contributed by atoms with van der Waals surface area (Å²) < 4.78 is 16.1. The molecule has 0 aromatic heterocycles. The molecule has 1 aromatic carbocycles. The summed E-state index contributed by atoms with van der Waals surface area (Å²) >= 11 is 5.18. The van der Waals surface area contributed by atoms with E-state index in [9.17, 15) is 4.79 Å². The van der Waals surface area contributed by atoms with E-state index >= 15 is 0 Å². The molecule has 0 N–H and O–H groups in total. The minimum absolute atomic E-state index is 0.290. The first-order chi connectivity index (χ1) is 10.3. The Balaban J connectivity index is 3.23. The minimum Gasteiger partial charge on any atom is -0.496 e. The van der Waals surface area contributed by atoms with Gasteiger partial charge in [0.2, 0.25) is 0 Å². The normalized spacial score (nSPS) is 10.7. The maximum atomic E-state index is 10.6. The molecule has 0 saturated carbocycles. The van der Waals surface area contributed by atoms with Crippen LogP contribution >= 0.6 is 11.6 Å². The SMILES string of the molecule is COc1c(C)c(CCCOC(=O)Cl)c(OC)c(C(C)C)c1C. The summed E-state index contributed by atoms with van der Waals surface area (Å²) in [5, 5.41) is 0. The molecule has 0 aliphatic heterocycles. The van der Waals surface area contributed by atoms with E-state index in [0.717, 1.165) is 40.2 Å². The molecule has 0 radical (unpaired) electrons. The molecule has 1 rings (SSSR count). The fourth-order valence-electron chi connectivity index (χ4n) is 2.98. The average molecular weight is 329 g/mol. The average Bonchev–Trinajstić information content (AvgIpc) is 2.44. The molecule has 5 heteroatoms. The summed E-state index contributed by atoms with van der Waals surface area (Å²) in [5.41, 5.74) is 3.67. The molecule has 0 unspecified atom stereocenters. The van der Waals surface area contributed by atoms with Gasteiger partial charge in [0.25, 0.3) is 0 Å². The molecular weight excluding hydrogens is 304 g/mol. The van der Waals surface area contributed by atoms with Crippen LogP contribution in [0.3, 0.4) is 0 Å². The lowest BCUT2D eigenvalue weighted by Crippen LogP contribution is -2.08. The molecule has 0 bridgehead atoms. The van der Waals surface area contributed by atoms with Crippen LogP contribution in [0.25, 0.3) is 0 Å². The van der Waals surface area contributed by atoms with Crippen molar-refractivity contribution in [3.63, 3.8) is 0 Å². The number of carbonyl (C=O) groups is 1. The van der Waals surface area contributed by atoms with Gasteiger partial charge in [0.05, 0.1) is 20.8 Å². The summed E-state index contributed by atoms with van der Waals surface area (Å²) in [7, 11) is 3.37. The number of benzene rings is 1. The molecule has 0 aliphatic rings. The molecule has 0 amide bonds. The molecule has 0 saturated heterocycles. The van der Waals surface area contributed by atoms with Crippen molar-refractivity contribution in [2.45, 2.75) is 46.5 Å². The van der Waals surface area contributed by atoms with Crippen molar-refractivity contribution in [1.82, 2.24) is 0 Å². The standard InChI is InChI=1S/C17H25ClO4/c1-10(2)14-12(4)15(20-5)11(3)13(16(14)21-6)8-7-9-22-17(18)19/h10H,7-9H2,1-6H3. The van der Waals surface area contributed by atoms with Gasteiger partial charge in [-0.3, -0.25) is 0 Å². The number of methoxy groups -OCH3 is 2. The van der Waals surface area contributed by atoms with Crippen LogP contribution < -0.4 is 9.47 Å². The van der Waals surface area contributed by atoms with Crippen LogP contribution in [0.5, 0.6) is 11.5 Å². The van der Waals surface area contributed by atoms with Crippen molar-refractivity contribution < 1.29 is 19.0 Å². The molecule has 0 atom stereocenters. The predicted octanol–water partition coefficient (Wildman–Crippen LogP) is 4.75. The van der Waals surface area contributed by atoms with Gasteiger partial charge in [-0.05, 0) is 43.7 Å². The molecule has 0 heterocycles. The van der Waals surface area contributed by atoms with Crippen LogP contribution in [-0.2, 0) is 11.2 Å². The van der Waals surface area contributed by atoms with Gasteiger partial charge in [0.15, 0.2) is 0 Å². The monoisotopic (exact) mass is 328 g/mol. The fourth-order valence-corrected chi connectivity index (χ4v) is 3.06. The van der Waals surface area contributed by atoms with Crippen LogP contribution in [-0.4, -0.2) is 26.3 Å². The fraction of sp³-hybridized carbons (Fsp3) is 0.588. The number of hydrogen-bond acceptors (Lipinski definition) is 4. The lowest BCUT2D eigenvalue weighted by Gasteiger charge is -2.24. The van der Waals surface area contributed by atoms with E-state index < -0.39 is 5.43 Å². The number of rotatable bonds is 7. The number of halogens is 1. The second-order valence-corrected chi connectivity index (χ2v) is 5.86. The van der Waals surface area contributed by atoms with Gasteiger partial charge in [-0.1, -0.05) is 13.8 Å². The van der Waals surface area contributed by atoms with E-state index in [1.807, 2.05) is 6.92 Å².